The summed E-state index contributed by atoms with van der Waals surface area (Å²) in [4.78, 5) is 6.32. The number of rotatable bonds is 7. The molecule has 0 unspecified atom stereocenters. The van der Waals surface area contributed by atoms with Crippen molar-refractivity contribution in [3.8, 4) is 17.1 Å². The summed E-state index contributed by atoms with van der Waals surface area (Å²) in [5, 5.41) is 4.38. The third-order valence-corrected chi connectivity index (χ3v) is 4.07. The molecule has 3 aromatic rings. The fourth-order valence-corrected chi connectivity index (χ4v) is 2.69. The average molecular weight is 378 g/mol. The minimum Gasteiger partial charge on any atom is -0.477 e. The lowest BCUT2D eigenvalue weighted by Crippen LogP contribution is -2.14. The average Bonchev–Trinajstić information content (AvgIpc) is 3.04. The van der Waals surface area contributed by atoms with Gasteiger partial charge < -0.3 is 9.64 Å². The van der Waals surface area contributed by atoms with Gasteiger partial charge in [0.05, 0.1) is 24.1 Å². The maximum atomic E-state index is 13.0. The molecule has 0 aliphatic heterocycles. The Morgan fingerprint density at radius 2 is 1.93 bits per heavy atom. The Labute approximate surface area is 155 Å². The molecule has 1 aromatic carbocycles. The summed E-state index contributed by atoms with van der Waals surface area (Å²) in [6.07, 6.45) is -0.985. The molecule has 0 fully saturated rings. The summed E-state index contributed by atoms with van der Waals surface area (Å²) in [7, 11) is 4.04. The largest absolute Gasteiger partial charge is 0.477 e. The molecule has 5 nitrogen and oxygen atoms in total. The van der Waals surface area contributed by atoms with E-state index in [1.165, 1.54) is 16.8 Å². The highest BCUT2D eigenvalue weighted by molar-refractivity contribution is 5.64. The van der Waals surface area contributed by atoms with E-state index in [9.17, 15) is 13.2 Å². The highest BCUT2D eigenvalue weighted by Gasteiger charge is 2.30. The van der Waals surface area contributed by atoms with E-state index in [4.69, 9.17) is 4.74 Å². The number of nitrogens with zero attached hydrogens (tertiary/aromatic N) is 4. The van der Waals surface area contributed by atoms with Crippen LogP contribution in [0.4, 0.5) is 13.2 Å². The Morgan fingerprint density at radius 3 is 2.67 bits per heavy atom. The first-order valence-electron chi connectivity index (χ1n) is 8.64. The van der Waals surface area contributed by atoms with Crippen molar-refractivity contribution in [1.29, 1.82) is 0 Å². The Kier molecular flexibility index (Phi) is 5.65. The molecule has 0 saturated carbocycles. The van der Waals surface area contributed by atoms with E-state index in [0.29, 0.717) is 29.4 Å². The zero-order valence-electron chi connectivity index (χ0n) is 15.2. The Bertz CT molecular complexity index is 905. The van der Waals surface area contributed by atoms with Crippen LogP contribution in [0.25, 0.3) is 16.9 Å². The van der Waals surface area contributed by atoms with Gasteiger partial charge in [-0.2, -0.15) is 13.2 Å². The van der Waals surface area contributed by atoms with Crippen molar-refractivity contribution < 1.29 is 17.9 Å². The van der Waals surface area contributed by atoms with Crippen LogP contribution in [0.2, 0.25) is 0 Å². The Hall–Kier alpha value is -2.61. The molecule has 8 heteroatoms. The first-order chi connectivity index (χ1) is 12.8. The highest BCUT2D eigenvalue weighted by atomic mass is 19.4. The van der Waals surface area contributed by atoms with E-state index in [2.05, 4.69) is 15.0 Å². The number of unbranched alkanes of at least 4 members (excludes halogenated alkanes) is 1. The molecular formula is C19H21F3N4O. The number of imidazole rings is 1. The molecule has 144 valence electrons. The van der Waals surface area contributed by atoms with E-state index in [0.717, 1.165) is 31.5 Å². The number of halogens is 3. The second-order valence-corrected chi connectivity index (χ2v) is 6.52. The van der Waals surface area contributed by atoms with Gasteiger partial charge in [0.15, 0.2) is 5.65 Å². The molecular weight excluding hydrogens is 357 g/mol. The van der Waals surface area contributed by atoms with E-state index >= 15 is 0 Å². The number of fused-ring (bicyclic) bond motifs is 1. The van der Waals surface area contributed by atoms with E-state index < -0.39 is 11.7 Å². The fraction of sp³-hybridized carbons (Fsp3) is 0.368. The van der Waals surface area contributed by atoms with Gasteiger partial charge in [-0.3, -0.25) is 0 Å². The number of hydrogen-bond donors (Lipinski definition) is 0. The van der Waals surface area contributed by atoms with E-state index in [1.807, 2.05) is 14.1 Å². The number of alkyl halides is 3. The van der Waals surface area contributed by atoms with Gasteiger partial charge in [-0.15, -0.1) is 5.10 Å². The van der Waals surface area contributed by atoms with Gasteiger partial charge in [-0.05, 0) is 51.7 Å². The summed E-state index contributed by atoms with van der Waals surface area (Å²) in [6, 6.07) is 8.57. The Morgan fingerprint density at radius 1 is 1.11 bits per heavy atom. The van der Waals surface area contributed by atoms with Crippen LogP contribution in [0.1, 0.15) is 18.4 Å². The lowest BCUT2D eigenvalue weighted by Gasteiger charge is -2.10. The molecule has 0 bridgehead atoms. The van der Waals surface area contributed by atoms with Crippen LogP contribution in [-0.2, 0) is 6.18 Å². The van der Waals surface area contributed by atoms with E-state index in [1.54, 1.807) is 18.2 Å². The Balaban J connectivity index is 1.79. The third-order valence-electron chi connectivity index (χ3n) is 4.07. The molecule has 0 N–H and O–H groups in total. The SMILES string of the molecule is CN(C)CCCCOc1ccc2ncc(-c3cccc(C(F)(F)F)c3)n2n1. The molecule has 0 aliphatic carbocycles. The predicted molar refractivity (Wildman–Crippen MR) is 96.7 cm³/mol. The summed E-state index contributed by atoms with van der Waals surface area (Å²) in [5.41, 5.74) is 0.715. The fourth-order valence-electron chi connectivity index (χ4n) is 2.69. The maximum Gasteiger partial charge on any atom is 0.416 e. The maximum absolute atomic E-state index is 13.0. The normalized spacial score (nSPS) is 12.1. The quantitative estimate of drug-likeness (QED) is 0.580. The second-order valence-electron chi connectivity index (χ2n) is 6.52. The van der Waals surface area contributed by atoms with Crippen molar-refractivity contribution in [3.63, 3.8) is 0 Å². The van der Waals surface area contributed by atoms with Crippen molar-refractivity contribution in [1.82, 2.24) is 19.5 Å². The number of hydrogen-bond acceptors (Lipinski definition) is 4. The molecule has 3 rings (SSSR count). The van der Waals surface area contributed by atoms with Crippen LogP contribution < -0.4 is 4.74 Å². The first kappa shape index (κ1) is 19.2. The van der Waals surface area contributed by atoms with Crippen LogP contribution in [0, 0.1) is 0 Å². The lowest BCUT2D eigenvalue weighted by atomic mass is 10.1. The van der Waals surface area contributed by atoms with E-state index in [-0.39, 0.29) is 0 Å². The van der Waals surface area contributed by atoms with Gasteiger partial charge in [0.25, 0.3) is 0 Å². The van der Waals surface area contributed by atoms with Crippen LogP contribution in [-0.4, -0.2) is 46.7 Å². The van der Waals surface area contributed by atoms with Crippen LogP contribution in [0.15, 0.2) is 42.6 Å². The second kappa shape index (κ2) is 7.96. The summed E-state index contributed by atoms with van der Waals surface area (Å²) in [5.74, 6) is 0.415. The smallest absolute Gasteiger partial charge is 0.416 e. The monoisotopic (exact) mass is 378 g/mol. The van der Waals surface area contributed by atoms with Crippen LogP contribution in [0.5, 0.6) is 5.88 Å². The van der Waals surface area contributed by atoms with Gasteiger partial charge in [-0.25, -0.2) is 9.50 Å². The van der Waals surface area contributed by atoms with Gasteiger partial charge in [-0.1, -0.05) is 12.1 Å². The summed E-state index contributed by atoms with van der Waals surface area (Å²) < 4.78 is 46.1. The van der Waals surface area contributed by atoms with Crippen LogP contribution >= 0.6 is 0 Å². The molecule has 2 aromatic heterocycles. The standard InChI is InChI=1S/C19H21F3N4O/c1-25(2)10-3-4-11-27-18-9-8-17-23-13-16(26(17)24-18)14-6-5-7-15(12-14)19(20,21)22/h5-9,12-13H,3-4,10-11H2,1-2H3. The third kappa shape index (κ3) is 4.77. The molecule has 0 atom stereocenters. The number of ether oxygens (including phenoxy) is 1. The van der Waals surface area contributed by atoms with Crippen LogP contribution in [0.3, 0.4) is 0 Å². The molecule has 0 saturated heterocycles. The molecule has 0 amide bonds. The topological polar surface area (TPSA) is 42.7 Å². The predicted octanol–water partition coefficient (Wildman–Crippen LogP) is 4.14. The zero-order chi connectivity index (χ0) is 19.4. The molecule has 0 spiro atoms. The minimum absolute atomic E-state index is 0.396. The zero-order valence-corrected chi connectivity index (χ0v) is 15.2. The van der Waals surface area contributed by atoms with Gasteiger partial charge in [0, 0.05) is 11.6 Å². The number of benzene rings is 1. The highest BCUT2D eigenvalue weighted by Crippen LogP contribution is 2.32. The first-order valence-corrected chi connectivity index (χ1v) is 8.64. The van der Waals surface area contributed by atoms with Crippen molar-refractivity contribution in [2.45, 2.75) is 19.0 Å². The molecule has 0 aliphatic rings. The number of aromatic nitrogens is 3. The van der Waals surface area contributed by atoms with Crippen molar-refractivity contribution in [2.24, 2.45) is 0 Å². The van der Waals surface area contributed by atoms with Gasteiger partial charge in [0.1, 0.15) is 0 Å². The van der Waals surface area contributed by atoms with Gasteiger partial charge >= 0.3 is 6.18 Å². The molecule has 2 heterocycles. The van der Waals surface area contributed by atoms with Gasteiger partial charge in [0.2, 0.25) is 5.88 Å². The van der Waals surface area contributed by atoms with Crippen molar-refractivity contribution in [2.75, 3.05) is 27.2 Å². The molecule has 0 radical (unpaired) electrons. The summed E-state index contributed by atoms with van der Waals surface area (Å²) in [6.45, 7) is 1.51. The van der Waals surface area contributed by atoms with Crippen molar-refractivity contribution >= 4 is 5.65 Å². The summed E-state index contributed by atoms with van der Waals surface area (Å²) >= 11 is 0. The lowest BCUT2D eigenvalue weighted by molar-refractivity contribution is -0.137. The van der Waals surface area contributed by atoms with Crippen molar-refractivity contribution in [3.05, 3.63) is 48.2 Å². The molecule has 27 heavy (non-hydrogen) atoms. The minimum atomic E-state index is -4.40.